The van der Waals surface area contributed by atoms with Gasteiger partial charge in [0, 0.05) is 11.5 Å². The molecule has 0 spiro atoms. The number of carboxylic acid groups (broad SMARTS) is 2. The maximum atomic E-state index is 10.6. The first kappa shape index (κ1) is 13.6. The van der Waals surface area contributed by atoms with E-state index in [2.05, 4.69) is 0 Å². The summed E-state index contributed by atoms with van der Waals surface area (Å²) in [5.41, 5.74) is 0. The monoisotopic (exact) mass is 238 g/mol. The lowest BCUT2D eigenvalue weighted by Crippen LogP contribution is -2.21. The van der Waals surface area contributed by atoms with E-state index in [4.69, 9.17) is 10.2 Å². The molecule has 0 saturated carbocycles. The van der Waals surface area contributed by atoms with Crippen LogP contribution in [0.25, 0.3) is 0 Å². The Balaban J connectivity index is 3.74. The summed E-state index contributed by atoms with van der Waals surface area (Å²) in [5.74, 6) is 0.441. The summed E-state index contributed by atoms with van der Waals surface area (Å²) in [4.78, 5) is 20.9. The molecule has 0 aromatic heterocycles. The van der Waals surface area contributed by atoms with Gasteiger partial charge in [-0.05, 0) is 5.75 Å². The molecule has 1 unspecified atom stereocenters. The summed E-state index contributed by atoms with van der Waals surface area (Å²) < 4.78 is 0. The molecule has 0 aromatic carbocycles. The van der Waals surface area contributed by atoms with Crippen molar-refractivity contribution in [2.24, 2.45) is 0 Å². The van der Waals surface area contributed by atoms with E-state index in [1.807, 2.05) is 6.92 Å². The molecule has 82 valence electrons. The van der Waals surface area contributed by atoms with Gasteiger partial charge in [0.15, 0.2) is 0 Å². The highest BCUT2D eigenvalue weighted by Gasteiger charge is 2.20. The average Bonchev–Trinajstić information content (AvgIpc) is 2.09. The summed E-state index contributed by atoms with van der Waals surface area (Å²) in [7, 11) is 0. The summed E-state index contributed by atoms with van der Waals surface area (Å²) in [6.07, 6.45) is -0.309. The average molecular weight is 238 g/mol. The van der Waals surface area contributed by atoms with Crippen molar-refractivity contribution in [3.63, 3.8) is 0 Å². The van der Waals surface area contributed by atoms with Crippen molar-refractivity contribution < 1.29 is 19.8 Å². The van der Waals surface area contributed by atoms with Crippen molar-refractivity contribution in [2.45, 2.75) is 18.6 Å². The zero-order chi connectivity index (χ0) is 11.0. The molecule has 4 nitrogen and oxygen atoms in total. The van der Waals surface area contributed by atoms with Crippen LogP contribution in [0.1, 0.15) is 13.3 Å². The minimum absolute atomic E-state index is 0.309. The molecule has 0 aromatic rings. The molecular formula is C8H14O4S2. The van der Waals surface area contributed by atoms with Gasteiger partial charge in [0.1, 0.15) is 5.25 Å². The lowest BCUT2D eigenvalue weighted by molar-refractivity contribution is -0.142. The first-order chi connectivity index (χ1) is 6.57. The van der Waals surface area contributed by atoms with Crippen LogP contribution in [-0.4, -0.2) is 44.7 Å². The molecule has 6 heteroatoms. The van der Waals surface area contributed by atoms with Crippen molar-refractivity contribution in [2.75, 3.05) is 17.3 Å². The lowest BCUT2D eigenvalue weighted by atomic mass is 10.3. The van der Waals surface area contributed by atoms with E-state index in [0.29, 0.717) is 5.75 Å². The topological polar surface area (TPSA) is 74.6 Å². The molecule has 0 fully saturated rings. The molecule has 1 atom stereocenters. The minimum Gasteiger partial charge on any atom is -0.481 e. The van der Waals surface area contributed by atoms with Gasteiger partial charge in [0.05, 0.1) is 6.42 Å². The summed E-state index contributed by atoms with van der Waals surface area (Å²) in [6, 6.07) is 0. The Morgan fingerprint density at radius 1 is 1.29 bits per heavy atom. The van der Waals surface area contributed by atoms with Crippen LogP contribution in [0.5, 0.6) is 0 Å². The van der Waals surface area contributed by atoms with E-state index in [1.165, 1.54) is 11.8 Å². The fourth-order valence-electron chi connectivity index (χ4n) is 0.770. The largest absolute Gasteiger partial charge is 0.481 e. The second-order valence-electron chi connectivity index (χ2n) is 2.49. The van der Waals surface area contributed by atoms with Gasteiger partial charge in [-0.2, -0.15) is 11.8 Å². The van der Waals surface area contributed by atoms with Crippen molar-refractivity contribution in [3.8, 4) is 0 Å². The zero-order valence-corrected chi connectivity index (χ0v) is 9.57. The van der Waals surface area contributed by atoms with Crippen LogP contribution in [0, 0.1) is 0 Å². The SMILES string of the molecule is CCSCCSC(CC(=O)O)C(=O)O. The smallest absolute Gasteiger partial charge is 0.317 e. The van der Waals surface area contributed by atoms with Crippen molar-refractivity contribution in [3.05, 3.63) is 0 Å². The molecule has 0 rings (SSSR count). The van der Waals surface area contributed by atoms with Gasteiger partial charge in [0.2, 0.25) is 0 Å². The second kappa shape index (κ2) is 7.99. The van der Waals surface area contributed by atoms with Crippen molar-refractivity contribution in [1.29, 1.82) is 0 Å². The highest BCUT2D eigenvalue weighted by atomic mass is 32.2. The molecule has 0 saturated heterocycles. The second-order valence-corrected chi connectivity index (χ2v) is 5.20. The predicted molar refractivity (Wildman–Crippen MR) is 59.1 cm³/mol. The first-order valence-electron chi connectivity index (χ1n) is 4.21. The highest BCUT2D eigenvalue weighted by Crippen LogP contribution is 2.16. The van der Waals surface area contributed by atoms with E-state index in [0.717, 1.165) is 11.5 Å². The summed E-state index contributed by atoms with van der Waals surface area (Å²) in [6.45, 7) is 2.03. The van der Waals surface area contributed by atoms with Gasteiger partial charge in [0.25, 0.3) is 0 Å². The molecule has 0 radical (unpaired) electrons. The lowest BCUT2D eigenvalue weighted by Gasteiger charge is -2.08. The number of hydrogen-bond donors (Lipinski definition) is 2. The Hall–Kier alpha value is -0.360. The highest BCUT2D eigenvalue weighted by molar-refractivity contribution is 8.03. The Kier molecular flexibility index (Phi) is 7.78. The molecule has 14 heavy (non-hydrogen) atoms. The van der Waals surface area contributed by atoms with E-state index in [-0.39, 0.29) is 6.42 Å². The van der Waals surface area contributed by atoms with Crippen LogP contribution in [0.2, 0.25) is 0 Å². The van der Waals surface area contributed by atoms with Crippen LogP contribution in [0.3, 0.4) is 0 Å². The zero-order valence-electron chi connectivity index (χ0n) is 7.93. The third-order valence-electron chi connectivity index (χ3n) is 1.39. The Labute approximate surface area is 91.5 Å². The molecular weight excluding hydrogens is 224 g/mol. The van der Waals surface area contributed by atoms with Gasteiger partial charge < -0.3 is 10.2 Å². The van der Waals surface area contributed by atoms with Crippen molar-refractivity contribution in [1.82, 2.24) is 0 Å². The molecule has 2 N–H and O–H groups in total. The normalized spacial score (nSPS) is 12.4. The third kappa shape index (κ3) is 7.08. The van der Waals surface area contributed by atoms with E-state index >= 15 is 0 Å². The minimum atomic E-state index is -1.06. The number of thioether (sulfide) groups is 2. The third-order valence-corrected chi connectivity index (χ3v) is 3.76. The number of hydrogen-bond acceptors (Lipinski definition) is 4. The molecule has 0 amide bonds. The van der Waals surface area contributed by atoms with Gasteiger partial charge >= 0.3 is 11.9 Å². The fourth-order valence-corrected chi connectivity index (χ4v) is 2.60. The Morgan fingerprint density at radius 3 is 2.36 bits per heavy atom. The van der Waals surface area contributed by atoms with Gasteiger partial charge in [-0.1, -0.05) is 6.92 Å². The fraction of sp³-hybridized carbons (Fsp3) is 0.750. The van der Waals surface area contributed by atoms with Crippen LogP contribution in [0.4, 0.5) is 0 Å². The standard InChI is InChI=1S/C8H14O4S2/c1-2-13-3-4-14-6(8(11)12)5-7(9)10/h6H,2-5H2,1H3,(H,9,10)(H,11,12). The number of rotatable bonds is 8. The quantitative estimate of drug-likeness (QED) is 0.623. The summed E-state index contributed by atoms with van der Waals surface area (Å²) in [5, 5.41) is 16.3. The number of carbonyl (C=O) groups is 2. The molecule has 0 heterocycles. The Morgan fingerprint density at radius 2 is 1.93 bits per heavy atom. The molecule has 0 aliphatic heterocycles. The summed E-state index contributed by atoms with van der Waals surface area (Å²) >= 11 is 2.92. The van der Waals surface area contributed by atoms with E-state index in [9.17, 15) is 9.59 Å². The van der Waals surface area contributed by atoms with Crippen LogP contribution in [0.15, 0.2) is 0 Å². The molecule has 0 bridgehead atoms. The molecule has 0 aliphatic rings. The van der Waals surface area contributed by atoms with E-state index in [1.54, 1.807) is 11.8 Å². The number of carboxylic acids is 2. The maximum absolute atomic E-state index is 10.6. The van der Waals surface area contributed by atoms with Crippen LogP contribution >= 0.6 is 23.5 Å². The predicted octanol–water partition coefficient (Wildman–Crippen LogP) is 1.40. The van der Waals surface area contributed by atoms with Gasteiger partial charge in [-0.15, -0.1) is 11.8 Å². The first-order valence-corrected chi connectivity index (χ1v) is 6.42. The van der Waals surface area contributed by atoms with Gasteiger partial charge in [-0.25, -0.2) is 0 Å². The Bertz CT molecular complexity index is 196. The maximum Gasteiger partial charge on any atom is 0.317 e. The number of aliphatic carboxylic acids is 2. The van der Waals surface area contributed by atoms with Crippen LogP contribution < -0.4 is 0 Å². The van der Waals surface area contributed by atoms with Gasteiger partial charge in [-0.3, -0.25) is 9.59 Å². The van der Waals surface area contributed by atoms with E-state index < -0.39 is 17.2 Å². The van der Waals surface area contributed by atoms with Crippen LogP contribution in [-0.2, 0) is 9.59 Å². The molecule has 0 aliphatic carbocycles. The van der Waals surface area contributed by atoms with Crippen molar-refractivity contribution >= 4 is 35.5 Å².